The summed E-state index contributed by atoms with van der Waals surface area (Å²) >= 11 is 0. The summed E-state index contributed by atoms with van der Waals surface area (Å²) in [6, 6.07) is 6.85. The maximum Gasteiger partial charge on any atom is 0.319 e. The molecule has 0 aliphatic heterocycles. The Labute approximate surface area is 101 Å². The second-order valence-corrected chi connectivity index (χ2v) is 3.90. The Balaban J connectivity index is 2.36. The van der Waals surface area contributed by atoms with Gasteiger partial charge in [0.25, 0.3) is 0 Å². The molecule has 0 fully saturated rings. The quantitative estimate of drug-likeness (QED) is 0.684. The highest BCUT2D eigenvalue weighted by Gasteiger charge is 2.06. The molecule has 1 unspecified atom stereocenters. The van der Waals surface area contributed by atoms with Crippen LogP contribution in [0.4, 0.5) is 16.2 Å². The molecule has 5 heteroatoms. The molecule has 0 spiro atoms. The monoisotopic (exact) mass is 237 g/mol. The zero-order valence-electron chi connectivity index (χ0n) is 10.2. The summed E-state index contributed by atoms with van der Waals surface area (Å²) in [6.07, 6.45) is 0.783. The zero-order valence-corrected chi connectivity index (χ0v) is 10.2. The molecule has 4 N–H and O–H groups in total. The van der Waals surface area contributed by atoms with Gasteiger partial charge in [0.05, 0.1) is 0 Å². The van der Waals surface area contributed by atoms with Crippen molar-refractivity contribution in [1.82, 2.24) is 5.32 Å². The second-order valence-electron chi connectivity index (χ2n) is 3.90. The standard InChI is InChI=1S/C12H19N3O2/c1-9(7-8-17-2)14-12(16)15-11-5-3-10(13)4-6-11/h3-6,9H,7-8,13H2,1-2H3,(H2,14,15,16). The van der Waals surface area contributed by atoms with Crippen LogP contribution in [-0.4, -0.2) is 25.8 Å². The van der Waals surface area contributed by atoms with Gasteiger partial charge in [0.2, 0.25) is 0 Å². The second kappa shape index (κ2) is 6.75. The van der Waals surface area contributed by atoms with Crippen molar-refractivity contribution in [3.63, 3.8) is 0 Å². The number of hydrogen-bond acceptors (Lipinski definition) is 3. The first kappa shape index (κ1) is 13.3. The van der Waals surface area contributed by atoms with Crippen LogP contribution in [-0.2, 0) is 4.74 Å². The first-order valence-corrected chi connectivity index (χ1v) is 5.54. The van der Waals surface area contributed by atoms with Crippen LogP contribution < -0.4 is 16.4 Å². The molecule has 0 saturated heterocycles. The summed E-state index contributed by atoms with van der Waals surface area (Å²) in [5.41, 5.74) is 6.94. The van der Waals surface area contributed by atoms with Gasteiger partial charge in [-0.15, -0.1) is 0 Å². The highest BCUT2D eigenvalue weighted by atomic mass is 16.5. The van der Waals surface area contributed by atoms with Gasteiger partial charge in [0.1, 0.15) is 0 Å². The number of anilines is 2. The molecule has 0 bridgehead atoms. The minimum atomic E-state index is -0.224. The summed E-state index contributed by atoms with van der Waals surface area (Å²) in [5, 5.41) is 5.55. The minimum absolute atomic E-state index is 0.0729. The van der Waals surface area contributed by atoms with Crippen LogP contribution in [0.25, 0.3) is 0 Å². The smallest absolute Gasteiger partial charge is 0.319 e. The Morgan fingerprint density at radius 2 is 2.06 bits per heavy atom. The molecule has 5 nitrogen and oxygen atoms in total. The van der Waals surface area contributed by atoms with Crippen molar-refractivity contribution in [2.75, 3.05) is 24.8 Å². The zero-order chi connectivity index (χ0) is 12.7. The lowest BCUT2D eigenvalue weighted by Crippen LogP contribution is -2.36. The number of hydrogen-bond donors (Lipinski definition) is 3. The van der Waals surface area contributed by atoms with Crippen molar-refractivity contribution in [2.24, 2.45) is 0 Å². The van der Waals surface area contributed by atoms with E-state index in [4.69, 9.17) is 10.5 Å². The number of urea groups is 1. The van der Waals surface area contributed by atoms with Gasteiger partial charge >= 0.3 is 6.03 Å². The topological polar surface area (TPSA) is 76.4 Å². The number of carbonyl (C=O) groups excluding carboxylic acids is 1. The third-order valence-corrected chi connectivity index (χ3v) is 2.30. The lowest BCUT2D eigenvalue weighted by Gasteiger charge is -2.14. The minimum Gasteiger partial charge on any atom is -0.399 e. The Hall–Kier alpha value is -1.75. The van der Waals surface area contributed by atoms with Crippen LogP contribution in [0.1, 0.15) is 13.3 Å². The van der Waals surface area contributed by atoms with E-state index in [2.05, 4.69) is 10.6 Å². The fourth-order valence-corrected chi connectivity index (χ4v) is 1.32. The van der Waals surface area contributed by atoms with Crippen LogP contribution in [0.15, 0.2) is 24.3 Å². The molecule has 0 aliphatic carbocycles. The molecule has 1 aromatic rings. The number of nitrogens with two attached hydrogens (primary N) is 1. The van der Waals surface area contributed by atoms with Crippen molar-refractivity contribution in [3.8, 4) is 0 Å². The maximum atomic E-state index is 11.6. The molecule has 1 atom stereocenters. The summed E-state index contributed by atoms with van der Waals surface area (Å²) in [4.78, 5) is 11.6. The van der Waals surface area contributed by atoms with Crippen LogP contribution >= 0.6 is 0 Å². The maximum absolute atomic E-state index is 11.6. The third kappa shape index (κ3) is 5.21. The van der Waals surface area contributed by atoms with Gasteiger partial charge < -0.3 is 21.1 Å². The van der Waals surface area contributed by atoms with Gasteiger partial charge in [-0.25, -0.2) is 4.79 Å². The highest BCUT2D eigenvalue weighted by Crippen LogP contribution is 2.10. The van der Waals surface area contributed by atoms with E-state index in [1.807, 2.05) is 6.92 Å². The van der Waals surface area contributed by atoms with E-state index in [9.17, 15) is 4.79 Å². The SMILES string of the molecule is COCCC(C)NC(=O)Nc1ccc(N)cc1. The van der Waals surface area contributed by atoms with Gasteiger partial charge in [-0.05, 0) is 37.6 Å². The van der Waals surface area contributed by atoms with Crippen molar-refractivity contribution in [2.45, 2.75) is 19.4 Å². The van der Waals surface area contributed by atoms with E-state index < -0.39 is 0 Å². The lowest BCUT2D eigenvalue weighted by molar-refractivity contribution is 0.185. The number of methoxy groups -OCH3 is 1. The van der Waals surface area contributed by atoms with E-state index in [0.29, 0.717) is 12.3 Å². The Kier molecular flexibility index (Phi) is 5.29. The van der Waals surface area contributed by atoms with Crippen LogP contribution in [0, 0.1) is 0 Å². The lowest BCUT2D eigenvalue weighted by atomic mass is 10.2. The molecule has 94 valence electrons. The van der Waals surface area contributed by atoms with Gasteiger partial charge in [0, 0.05) is 31.1 Å². The largest absolute Gasteiger partial charge is 0.399 e. The van der Waals surface area contributed by atoms with Gasteiger partial charge in [-0.2, -0.15) is 0 Å². The molecule has 0 radical (unpaired) electrons. The molecule has 0 saturated carbocycles. The predicted molar refractivity (Wildman–Crippen MR) is 69.0 cm³/mol. The number of amides is 2. The molecule has 0 heterocycles. The molecule has 1 rings (SSSR count). The van der Waals surface area contributed by atoms with E-state index in [0.717, 1.165) is 12.1 Å². The van der Waals surface area contributed by atoms with Crippen molar-refractivity contribution in [1.29, 1.82) is 0 Å². The average Bonchev–Trinajstić information content (AvgIpc) is 2.29. The van der Waals surface area contributed by atoms with Gasteiger partial charge in [-0.1, -0.05) is 0 Å². The molecule has 2 amide bonds. The first-order valence-electron chi connectivity index (χ1n) is 5.54. The van der Waals surface area contributed by atoms with E-state index in [-0.39, 0.29) is 12.1 Å². The van der Waals surface area contributed by atoms with Gasteiger partial charge in [0.15, 0.2) is 0 Å². The first-order chi connectivity index (χ1) is 8.11. The van der Waals surface area contributed by atoms with E-state index >= 15 is 0 Å². The highest BCUT2D eigenvalue weighted by molar-refractivity contribution is 5.89. The fraction of sp³-hybridized carbons (Fsp3) is 0.417. The molecule has 17 heavy (non-hydrogen) atoms. The van der Waals surface area contributed by atoms with Crippen molar-refractivity contribution < 1.29 is 9.53 Å². The Morgan fingerprint density at radius 3 is 2.65 bits per heavy atom. The van der Waals surface area contributed by atoms with Gasteiger partial charge in [-0.3, -0.25) is 0 Å². The Bertz CT molecular complexity index is 351. The van der Waals surface area contributed by atoms with Crippen LogP contribution in [0.2, 0.25) is 0 Å². The summed E-state index contributed by atoms with van der Waals surface area (Å²) in [7, 11) is 1.64. The fourth-order valence-electron chi connectivity index (χ4n) is 1.32. The number of carbonyl (C=O) groups is 1. The van der Waals surface area contributed by atoms with Crippen LogP contribution in [0.3, 0.4) is 0 Å². The van der Waals surface area contributed by atoms with E-state index in [1.54, 1.807) is 31.4 Å². The number of ether oxygens (including phenoxy) is 1. The predicted octanol–water partition coefficient (Wildman–Crippen LogP) is 1.82. The summed E-state index contributed by atoms with van der Waals surface area (Å²) < 4.78 is 4.94. The molecular weight excluding hydrogens is 218 g/mol. The average molecular weight is 237 g/mol. The number of benzene rings is 1. The number of nitrogen functional groups attached to an aromatic ring is 1. The number of nitrogens with one attached hydrogen (secondary N) is 2. The third-order valence-electron chi connectivity index (χ3n) is 2.30. The summed E-state index contributed by atoms with van der Waals surface area (Å²) in [5.74, 6) is 0. The van der Waals surface area contributed by atoms with Crippen molar-refractivity contribution in [3.05, 3.63) is 24.3 Å². The summed E-state index contributed by atoms with van der Waals surface area (Å²) in [6.45, 7) is 2.56. The molecular formula is C12H19N3O2. The van der Waals surface area contributed by atoms with E-state index in [1.165, 1.54) is 0 Å². The Morgan fingerprint density at radius 1 is 1.41 bits per heavy atom. The van der Waals surface area contributed by atoms with Crippen LogP contribution in [0.5, 0.6) is 0 Å². The molecule has 1 aromatic carbocycles. The van der Waals surface area contributed by atoms with Crippen molar-refractivity contribution >= 4 is 17.4 Å². The normalized spacial score (nSPS) is 11.9. The number of rotatable bonds is 5. The molecule has 0 aliphatic rings. The molecule has 0 aromatic heterocycles.